The summed E-state index contributed by atoms with van der Waals surface area (Å²) < 4.78 is 5.40. The highest BCUT2D eigenvalue weighted by Gasteiger charge is 2.08. The molecule has 0 aromatic heterocycles. The van der Waals surface area contributed by atoms with Crippen molar-refractivity contribution in [3.05, 3.63) is 0 Å². The van der Waals surface area contributed by atoms with Crippen LogP contribution in [0.2, 0.25) is 0 Å². The summed E-state index contributed by atoms with van der Waals surface area (Å²) in [5.74, 6) is 0. The minimum Gasteiger partial charge on any atom is -0.380 e. The maximum atomic E-state index is 5.40. The largest absolute Gasteiger partial charge is 0.380 e. The summed E-state index contributed by atoms with van der Waals surface area (Å²) >= 11 is 0. The van der Waals surface area contributed by atoms with Crippen molar-refractivity contribution in [3.63, 3.8) is 0 Å². The highest BCUT2D eigenvalue weighted by Crippen LogP contribution is 2.16. The molecular weight excluding hydrogens is 222 g/mol. The van der Waals surface area contributed by atoms with Crippen LogP contribution in [0.5, 0.6) is 0 Å². The second-order valence-corrected chi connectivity index (χ2v) is 5.61. The maximum Gasteiger partial charge on any atom is 0.0590 e. The molecule has 0 radical (unpaired) electrons. The zero-order valence-corrected chi connectivity index (χ0v) is 12.4. The average molecular weight is 255 g/mol. The molecule has 1 saturated carbocycles. The highest BCUT2D eigenvalue weighted by molar-refractivity contribution is 4.68. The Balaban J connectivity index is 2.14. The van der Waals surface area contributed by atoms with Gasteiger partial charge in [0, 0.05) is 19.2 Å². The summed E-state index contributed by atoms with van der Waals surface area (Å²) in [4.78, 5) is 0. The molecule has 0 aliphatic heterocycles. The summed E-state index contributed by atoms with van der Waals surface area (Å²) in [5.41, 5.74) is 0. The van der Waals surface area contributed by atoms with Crippen LogP contribution in [-0.4, -0.2) is 25.8 Å². The molecule has 108 valence electrons. The van der Waals surface area contributed by atoms with E-state index in [1.165, 1.54) is 70.6 Å². The van der Waals surface area contributed by atoms with Crippen LogP contribution in [0, 0.1) is 0 Å². The van der Waals surface area contributed by atoms with E-state index in [-0.39, 0.29) is 0 Å². The van der Waals surface area contributed by atoms with Crippen LogP contribution in [0.3, 0.4) is 0 Å². The lowest BCUT2D eigenvalue weighted by Crippen LogP contribution is -2.32. The Morgan fingerprint density at radius 3 is 1.83 bits per heavy atom. The van der Waals surface area contributed by atoms with Crippen LogP contribution in [-0.2, 0) is 4.74 Å². The van der Waals surface area contributed by atoms with Gasteiger partial charge in [0.1, 0.15) is 0 Å². The summed E-state index contributed by atoms with van der Waals surface area (Å²) in [6.45, 7) is 4.80. The topological polar surface area (TPSA) is 21.3 Å². The molecule has 0 saturated heterocycles. The first kappa shape index (κ1) is 16.0. The van der Waals surface area contributed by atoms with Gasteiger partial charge >= 0.3 is 0 Å². The molecule has 1 rings (SSSR count). The van der Waals surface area contributed by atoms with Gasteiger partial charge in [-0.2, -0.15) is 0 Å². The van der Waals surface area contributed by atoms with Gasteiger partial charge in [0.2, 0.25) is 0 Å². The van der Waals surface area contributed by atoms with Gasteiger partial charge in [0.15, 0.2) is 0 Å². The SMILES string of the molecule is CCOCCNC1CCCCCCCCCCC1. The van der Waals surface area contributed by atoms with E-state index in [0.29, 0.717) is 0 Å². The first-order valence-corrected chi connectivity index (χ1v) is 8.24. The van der Waals surface area contributed by atoms with Gasteiger partial charge in [-0.05, 0) is 19.8 Å². The van der Waals surface area contributed by atoms with Gasteiger partial charge in [-0.3, -0.25) is 0 Å². The second kappa shape index (κ2) is 12.0. The van der Waals surface area contributed by atoms with Crippen molar-refractivity contribution in [1.82, 2.24) is 5.32 Å². The predicted molar refractivity (Wildman–Crippen MR) is 79.1 cm³/mol. The minimum absolute atomic E-state index is 0.741. The third-order valence-corrected chi connectivity index (χ3v) is 3.99. The van der Waals surface area contributed by atoms with Crippen LogP contribution < -0.4 is 5.32 Å². The number of nitrogens with one attached hydrogen (secondary N) is 1. The standard InChI is InChI=1S/C16H33NO/c1-2-18-15-14-17-16-12-10-8-6-4-3-5-7-9-11-13-16/h16-17H,2-15H2,1H3. The second-order valence-electron chi connectivity index (χ2n) is 5.61. The summed E-state index contributed by atoms with van der Waals surface area (Å²) in [7, 11) is 0. The third-order valence-electron chi connectivity index (χ3n) is 3.99. The van der Waals surface area contributed by atoms with Gasteiger partial charge in [-0.25, -0.2) is 0 Å². The molecule has 0 spiro atoms. The van der Waals surface area contributed by atoms with Crippen LogP contribution in [0.15, 0.2) is 0 Å². The Morgan fingerprint density at radius 2 is 1.33 bits per heavy atom. The van der Waals surface area contributed by atoms with E-state index in [0.717, 1.165) is 25.8 Å². The lowest BCUT2D eigenvalue weighted by molar-refractivity contribution is 0.145. The van der Waals surface area contributed by atoms with E-state index in [9.17, 15) is 0 Å². The van der Waals surface area contributed by atoms with E-state index in [4.69, 9.17) is 4.74 Å². The summed E-state index contributed by atoms with van der Waals surface area (Å²) in [6, 6.07) is 0.741. The molecule has 2 heteroatoms. The van der Waals surface area contributed by atoms with Crippen LogP contribution in [0.4, 0.5) is 0 Å². The summed E-state index contributed by atoms with van der Waals surface area (Å²) in [5, 5.41) is 3.68. The zero-order valence-electron chi connectivity index (χ0n) is 12.4. The Labute approximate surface area is 114 Å². The van der Waals surface area contributed by atoms with Crippen molar-refractivity contribution in [1.29, 1.82) is 0 Å². The molecule has 0 aromatic carbocycles. The number of ether oxygens (including phenoxy) is 1. The molecule has 0 amide bonds. The predicted octanol–water partition coefficient (Wildman–Crippen LogP) is 4.29. The van der Waals surface area contributed by atoms with Gasteiger partial charge in [0.05, 0.1) is 6.61 Å². The lowest BCUT2D eigenvalue weighted by Gasteiger charge is -2.19. The van der Waals surface area contributed by atoms with Crippen LogP contribution >= 0.6 is 0 Å². The van der Waals surface area contributed by atoms with Crippen molar-refractivity contribution in [2.75, 3.05) is 19.8 Å². The molecule has 1 aliphatic rings. The Kier molecular flexibility index (Phi) is 10.6. The first-order valence-electron chi connectivity index (χ1n) is 8.24. The number of rotatable bonds is 5. The molecule has 2 nitrogen and oxygen atoms in total. The van der Waals surface area contributed by atoms with Gasteiger partial charge in [-0.1, -0.05) is 57.8 Å². The molecule has 1 N–H and O–H groups in total. The van der Waals surface area contributed by atoms with Gasteiger partial charge in [-0.15, -0.1) is 0 Å². The number of hydrogen-bond donors (Lipinski definition) is 1. The van der Waals surface area contributed by atoms with Crippen LogP contribution in [0.25, 0.3) is 0 Å². The van der Waals surface area contributed by atoms with Crippen molar-refractivity contribution in [2.24, 2.45) is 0 Å². The Hall–Kier alpha value is -0.0800. The molecule has 0 unspecified atom stereocenters. The monoisotopic (exact) mass is 255 g/mol. The van der Waals surface area contributed by atoms with Crippen molar-refractivity contribution in [3.8, 4) is 0 Å². The van der Waals surface area contributed by atoms with E-state index in [2.05, 4.69) is 12.2 Å². The fraction of sp³-hybridized carbons (Fsp3) is 1.00. The zero-order chi connectivity index (χ0) is 12.9. The summed E-state index contributed by atoms with van der Waals surface area (Å²) in [6.07, 6.45) is 15.7. The average Bonchev–Trinajstić information content (AvgIpc) is 2.37. The first-order chi connectivity index (χ1) is 8.93. The van der Waals surface area contributed by atoms with Crippen LogP contribution in [0.1, 0.15) is 77.6 Å². The molecule has 0 atom stereocenters. The molecular formula is C16H33NO. The highest BCUT2D eigenvalue weighted by atomic mass is 16.5. The molecule has 0 heterocycles. The fourth-order valence-corrected chi connectivity index (χ4v) is 2.85. The smallest absolute Gasteiger partial charge is 0.0590 e. The van der Waals surface area contributed by atoms with E-state index >= 15 is 0 Å². The molecule has 0 aromatic rings. The minimum atomic E-state index is 0.741. The Bertz CT molecular complexity index is 158. The van der Waals surface area contributed by atoms with E-state index in [1.54, 1.807) is 0 Å². The fourth-order valence-electron chi connectivity index (χ4n) is 2.85. The van der Waals surface area contributed by atoms with E-state index < -0.39 is 0 Å². The van der Waals surface area contributed by atoms with Gasteiger partial charge < -0.3 is 10.1 Å². The molecule has 0 bridgehead atoms. The Morgan fingerprint density at radius 1 is 0.833 bits per heavy atom. The maximum absolute atomic E-state index is 5.40. The van der Waals surface area contributed by atoms with Gasteiger partial charge in [0.25, 0.3) is 0 Å². The van der Waals surface area contributed by atoms with Crippen molar-refractivity contribution < 1.29 is 4.74 Å². The molecule has 1 fully saturated rings. The van der Waals surface area contributed by atoms with Crippen molar-refractivity contribution in [2.45, 2.75) is 83.6 Å². The quantitative estimate of drug-likeness (QED) is 0.740. The normalized spacial score (nSPS) is 21.2. The third kappa shape index (κ3) is 8.93. The lowest BCUT2D eigenvalue weighted by atomic mass is 9.98. The molecule has 1 aliphatic carbocycles. The number of hydrogen-bond acceptors (Lipinski definition) is 2. The molecule has 18 heavy (non-hydrogen) atoms. The van der Waals surface area contributed by atoms with Crippen molar-refractivity contribution >= 4 is 0 Å². The van der Waals surface area contributed by atoms with E-state index in [1.807, 2.05) is 0 Å².